The summed E-state index contributed by atoms with van der Waals surface area (Å²) in [6, 6.07) is 9.90. The molecule has 2 aliphatic heterocycles. The summed E-state index contributed by atoms with van der Waals surface area (Å²) in [6.07, 6.45) is 1.50. The first-order chi connectivity index (χ1) is 17.5. The van der Waals surface area contributed by atoms with Crippen molar-refractivity contribution in [3.63, 3.8) is 0 Å². The highest BCUT2D eigenvalue weighted by Gasteiger charge is 2.27. The zero-order chi connectivity index (χ0) is 24.6. The predicted octanol–water partition coefficient (Wildman–Crippen LogP) is 2.85. The number of aryl methyl sites for hydroxylation is 1. The van der Waals surface area contributed by atoms with Crippen LogP contribution >= 0.6 is 0 Å². The van der Waals surface area contributed by atoms with E-state index in [9.17, 15) is 9.90 Å². The van der Waals surface area contributed by atoms with E-state index < -0.39 is 12.0 Å². The number of carbonyl (C=O) groups is 1. The zero-order valence-electron chi connectivity index (χ0n) is 19.8. The fourth-order valence-electron chi connectivity index (χ4n) is 4.47. The molecule has 11 nitrogen and oxygen atoms in total. The fourth-order valence-corrected chi connectivity index (χ4v) is 4.47. The third-order valence-electron chi connectivity index (χ3n) is 6.35. The Morgan fingerprint density at radius 1 is 1.11 bits per heavy atom. The Bertz CT molecular complexity index is 1410. The Balaban J connectivity index is 1.31. The number of oxazole rings is 2. The summed E-state index contributed by atoms with van der Waals surface area (Å²) in [5, 5.41) is 13.0. The highest BCUT2D eigenvalue weighted by molar-refractivity contribution is 6.05. The highest BCUT2D eigenvalue weighted by Crippen LogP contribution is 2.33. The summed E-state index contributed by atoms with van der Waals surface area (Å²) < 4.78 is 17.0. The lowest BCUT2D eigenvalue weighted by molar-refractivity contribution is 0.102. The van der Waals surface area contributed by atoms with Crippen LogP contribution in [0.4, 0.5) is 17.5 Å². The molecule has 0 radical (unpaired) electrons. The molecule has 0 saturated carbocycles. The van der Waals surface area contributed by atoms with Crippen LogP contribution in [0, 0.1) is 6.92 Å². The van der Waals surface area contributed by atoms with Gasteiger partial charge in [0.15, 0.2) is 17.1 Å². The highest BCUT2D eigenvalue weighted by atomic mass is 16.5. The van der Waals surface area contributed by atoms with Gasteiger partial charge in [-0.25, -0.2) is 9.97 Å². The molecular weight excluding hydrogens is 464 g/mol. The van der Waals surface area contributed by atoms with Crippen LogP contribution in [-0.2, 0) is 4.74 Å². The van der Waals surface area contributed by atoms with E-state index >= 15 is 0 Å². The van der Waals surface area contributed by atoms with Crippen LogP contribution in [0.2, 0.25) is 0 Å². The molecule has 0 unspecified atom stereocenters. The number of nitrogens with one attached hydrogen (secondary N) is 1. The number of hydrogen-bond acceptors (Lipinski definition) is 10. The number of hydrogen-bond donors (Lipinski definition) is 2. The summed E-state index contributed by atoms with van der Waals surface area (Å²) in [4.78, 5) is 30.7. The van der Waals surface area contributed by atoms with E-state index in [1.54, 1.807) is 6.07 Å². The van der Waals surface area contributed by atoms with Crippen LogP contribution in [0.15, 0.2) is 45.4 Å². The van der Waals surface area contributed by atoms with Crippen molar-refractivity contribution in [2.75, 3.05) is 54.5 Å². The van der Waals surface area contributed by atoms with Gasteiger partial charge < -0.3 is 33.8 Å². The number of β-amino-alcohol motifs (C(OH)–C–C–N with tert-alkyl or cyclic N) is 1. The quantitative estimate of drug-likeness (QED) is 0.431. The van der Waals surface area contributed by atoms with Gasteiger partial charge in [0.2, 0.25) is 11.5 Å². The van der Waals surface area contributed by atoms with Gasteiger partial charge in [-0.05, 0) is 25.5 Å². The second-order valence-corrected chi connectivity index (χ2v) is 9.03. The van der Waals surface area contributed by atoms with Crippen molar-refractivity contribution >= 4 is 34.7 Å². The van der Waals surface area contributed by atoms with E-state index in [4.69, 9.17) is 18.6 Å². The molecule has 5 heterocycles. The number of morpholine rings is 1. The molecule has 2 N–H and O–H groups in total. The van der Waals surface area contributed by atoms with E-state index in [1.807, 2.05) is 41.0 Å². The van der Waals surface area contributed by atoms with E-state index in [-0.39, 0.29) is 5.69 Å². The molecule has 6 rings (SSSR count). The first-order valence-electron chi connectivity index (χ1n) is 11.9. The molecule has 0 bridgehead atoms. The molecule has 1 aromatic carbocycles. The van der Waals surface area contributed by atoms with Gasteiger partial charge in [-0.2, -0.15) is 4.98 Å². The summed E-state index contributed by atoms with van der Waals surface area (Å²) >= 11 is 0. The maximum Gasteiger partial charge on any atom is 0.300 e. The molecule has 0 aliphatic carbocycles. The standard InChI is InChI=1S/C25H26N6O5/c1-15-3-2-4-16(11-15)24-27-19(14-35-24)23(33)26-18-12-20-21(28-22(18)31-6-5-17(32)13-31)29-25(36-20)30-7-9-34-10-8-30/h2-4,11-12,14,17,32H,5-10,13H2,1H3,(H,26,33)/t17-/m1/s1. The number of pyridine rings is 1. The van der Waals surface area contributed by atoms with Crippen LogP contribution in [-0.4, -0.2) is 71.5 Å². The molecule has 1 amide bonds. The third-order valence-corrected chi connectivity index (χ3v) is 6.35. The van der Waals surface area contributed by atoms with Crippen LogP contribution in [0.25, 0.3) is 22.7 Å². The number of carbonyl (C=O) groups excluding carboxylic acids is 1. The largest absolute Gasteiger partial charge is 0.444 e. The minimum absolute atomic E-state index is 0.144. The van der Waals surface area contributed by atoms with Crippen molar-refractivity contribution < 1.29 is 23.5 Å². The van der Waals surface area contributed by atoms with Crippen molar-refractivity contribution in [2.24, 2.45) is 0 Å². The molecule has 0 spiro atoms. The number of ether oxygens (including phenoxy) is 1. The van der Waals surface area contributed by atoms with Crippen molar-refractivity contribution in [1.29, 1.82) is 0 Å². The van der Waals surface area contributed by atoms with Gasteiger partial charge in [0.05, 0.1) is 25.0 Å². The molecular formula is C25H26N6O5. The Labute approximate surface area is 206 Å². The number of nitrogens with zero attached hydrogens (tertiary/aromatic N) is 5. The van der Waals surface area contributed by atoms with Gasteiger partial charge in [-0.3, -0.25) is 4.79 Å². The molecule has 3 aromatic heterocycles. The zero-order valence-corrected chi connectivity index (χ0v) is 19.8. The number of fused-ring (bicyclic) bond motifs is 1. The number of aromatic nitrogens is 3. The van der Waals surface area contributed by atoms with Gasteiger partial charge >= 0.3 is 0 Å². The molecule has 4 aromatic rings. The molecule has 2 fully saturated rings. The average Bonchev–Trinajstić information content (AvgIpc) is 3.63. The molecule has 2 aliphatic rings. The Kier molecular flexibility index (Phi) is 5.78. The van der Waals surface area contributed by atoms with E-state index in [0.29, 0.717) is 80.5 Å². The Morgan fingerprint density at radius 2 is 1.97 bits per heavy atom. The lowest BCUT2D eigenvalue weighted by atomic mass is 10.1. The van der Waals surface area contributed by atoms with Crippen molar-refractivity contribution in [3.8, 4) is 11.5 Å². The van der Waals surface area contributed by atoms with Crippen molar-refractivity contribution in [2.45, 2.75) is 19.4 Å². The minimum Gasteiger partial charge on any atom is -0.444 e. The van der Waals surface area contributed by atoms with Gasteiger partial charge in [0.1, 0.15) is 6.26 Å². The Hall–Kier alpha value is -3.96. The van der Waals surface area contributed by atoms with Gasteiger partial charge in [0.25, 0.3) is 11.9 Å². The summed E-state index contributed by atoms with van der Waals surface area (Å²) in [5.41, 5.74) is 3.35. The SMILES string of the molecule is Cc1cccc(-c2nc(C(=O)Nc3cc4oc(N5CCOCC5)nc4nc3N3CC[C@@H](O)C3)co2)c1. The Morgan fingerprint density at radius 3 is 2.75 bits per heavy atom. The number of amides is 1. The molecule has 11 heteroatoms. The average molecular weight is 491 g/mol. The number of rotatable bonds is 5. The number of aliphatic hydroxyl groups is 1. The van der Waals surface area contributed by atoms with Crippen molar-refractivity contribution in [1.82, 2.24) is 15.0 Å². The predicted molar refractivity (Wildman–Crippen MR) is 132 cm³/mol. The van der Waals surface area contributed by atoms with Gasteiger partial charge in [0, 0.05) is 37.8 Å². The van der Waals surface area contributed by atoms with Crippen LogP contribution in [0.1, 0.15) is 22.5 Å². The van der Waals surface area contributed by atoms with Crippen LogP contribution < -0.4 is 15.1 Å². The minimum atomic E-state index is -0.459. The summed E-state index contributed by atoms with van der Waals surface area (Å²) in [7, 11) is 0. The molecule has 2 saturated heterocycles. The molecule has 186 valence electrons. The topological polar surface area (TPSA) is 130 Å². The van der Waals surface area contributed by atoms with E-state index in [0.717, 1.165) is 11.1 Å². The number of anilines is 3. The monoisotopic (exact) mass is 490 g/mol. The van der Waals surface area contributed by atoms with Crippen LogP contribution in [0.3, 0.4) is 0 Å². The summed E-state index contributed by atoms with van der Waals surface area (Å²) in [6.45, 7) is 5.57. The maximum absolute atomic E-state index is 13.1. The first kappa shape index (κ1) is 22.5. The van der Waals surface area contributed by atoms with Gasteiger partial charge in [-0.15, -0.1) is 0 Å². The normalized spacial score (nSPS) is 18.2. The molecule has 1 atom stereocenters. The van der Waals surface area contributed by atoms with E-state index in [1.165, 1.54) is 6.26 Å². The van der Waals surface area contributed by atoms with Crippen LogP contribution in [0.5, 0.6) is 0 Å². The fraction of sp³-hybridized carbons (Fsp3) is 0.360. The number of aliphatic hydroxyl groups excluding tert-OH is 1. The second kappa shape index (κ2) is 9.25. The maximum atomic E-state index is 13.1. The second-order valence-electron chi connectivity index (χ2n) is 9.03. The lowest BCUT2D eigenvalue weighted by Gasteiger charge is -2.24. The summed E-state index contributed by atoms with van der Waals surface area (Å²) in [5.74, 6) is 0.454. The third kappa shape index (κ3) is 4.38. The lowest BCUT2D eigenvalue weighted by Crippen LogP contribution is -2.36. The first-order valence-corrected chi connectivity index (χ1v) is 11.9. The number of benzene rings is 1. The smallest absolute Gasteiger partial charge is 0.300 e. The van der Waals surface area contributed by atoms with Gasteiger partial charge in [-0.1, -0.05) is 17.7 Å². The molecule has 36 heavy (non-hydrogen) atoms. The van der Waals surface area contributed by atoms with E-state index in [2.05, 4.69) is 15.3 Å². The van der Waals surface area contributed by atoms with Crippen molar-refractivity contribution in [3.05, 3.63) is 47.9 Å².